The molecule has 6 nitrogen and oxygen atoms in total. The van der Waals surface area contributed by atoms with E-state index in [2.05, 4.69) is 0 Å². The van der Waals surface area contributed by atoms with Crippen molar-refractivity contribution in [2.24, 2.45) is 5.92 Å². The molecule has 7 heteroatoms. The summed E-state index contributed by atoms with van der Waals surface area (Å²) >= 11 is 1.44. The van der Waals surface area contributed by atoms with Crippen molar-refractivity contribution in [1.29, 1.82) is 0 Å². The molecule has 0 atom stereocenters. The van der Waals surface area contributed by atoms with Gasteiger partial charge in [0.15, 0.2) is 0 Å². The van der Waals surface area contributed by atoms with Crippen molar-refractivity contribution in [1.82, 2.24) is 14.7 Å². The molecule has 2 fully saturated rings. The lowest BCUT2D eigenvalue weighted by Gasteiger charge is -2.35. The number of nitrogens with zero attached hydrogens (tertiary/aromatic N) is 3. The lowest BCUT2D eigenvalue weighted by molar-refractivity contribution is -0.136. The highest BCUT2D eigenvalue weighted by Crippen LogP contribution is 2.25. The molecular formula is C21H29N3O3S. The molecule has 2 saturated heterocycles. The molecule has 152 valence electrons. The van der Waals surface area contributed by atoms with E-state index in [1.54, 1.807) is 0 Å². The van der Waals surface area contributed by atoms with Crippen LogP contribution in [0.25, 0.3) is 0 Å². The minimum Gasteiger partial charge on any atom is -0.342 e. The van der Waals surface area contributed by atoms with Gasteiger partial charge in [0.1, 0.15) is 0 Å². The summed E-state index contributed by atoms with van der Waals surface area (Å²) in [5.74, 6) is 0.607. The first-order valence-corrected chi connectivity index (χ1v) is 11.0. The van der Waals surface area contributed by atoms with Crippen LogP contribution in [0.1, 0.15) is 37.0 Å². The lowest BCUT2D eigenvalue weighted by Crippen LogP contribution is -2.51. The summed E-state index contributed by atoms with van der Waals surface area (Å²) in [7, 11) is 0. The zero-order valence-corrected chi connectivity index (χ0v) is 17.5. The number of piperazine rings is 1. The third-order valence-corrected chi connectivity index (χ3v) is 6.36. The van der Waals surface area contributed by atoms with Gasteiger partial charge in [-0.3, -0.25) is 14.4 Å². The third kappa shape index (κ3) is 4.87. The summed E-state index contributed by atoms with van der Waals surface area (Å²) in [6.45, 7) is 7.73. The Morgan fingerprint density at radius 1 is 0.893 bits per heavy atom. The average molecular weight is 404 g/mol. The number of carbonyl (C=O) groups excluding carboxylic acids is 3. The smallest absolute Gasteiger partial charge is 0.255 e. The number of hydrogen-bond acceptors (Lipinski definition) is 4. The van der Waals surface area contributed by atoms with Gasteiger partial charge < -0.3 is 14.7 Å². The predicted octanol–water partition coefficient (Wildman–Crippen LogP) is 2.34. The van der Waals surface area contributed by atoms with E-state index in [1.165, 1.54) is 11.8 Å². The first-order chi connectivity index (χ1) is 13.5. The monoisotopic (exact) mass is 403 g/mol. The molecule has 0 bridgehead atoms. The fourth-order valence-corrected chi connectivity index (χ4v) is 4.58. The number of carbonyl (C=O) groups is 3. The molecule has 28 heavy (non-hydrogen) atoms. The first kappa shape index (κ1) is 20.7. The predicted molar refractivity (Wildman–Crippen MR) is 110 cm³/mol. The van der Waals surface area contributed by atoms with E-state index in [1.807, 2.05) is 52.8 Å². The Balaban J connectivity index is 1.60. The number of thioether (sulfide) groups is 1. The number of amides is 3. The summed E-state index contributed by atoms with van der Waals surface area (Å²) in [4.78, 5) is 43.9. The fraction of sp³-hybridized carbons (Fsp3) is 0.571. The highest BCUT2D eigenvalue weighted by atomic mass is 32.2. The van der Waals surface area contributed by atoms with Gasteiger partial charge in [-0.25, -0.2) is 0 Å². The topological polar surface area (TPSA) is 60.9 Å². The molecule has 0 radical (unpaired) electrons. The van der Waals surface area contributed by atoms with Gasteiger partial charge in [0, 0.05) is 50.1 Å². The maximum atomic E-state index is 13.0. The summed E-state index contributed by atoms with van der Waals surface area (Å²) < 4.78 is 0. The minimum atomic E-state index is -0.0208. The number of hydrogen-bond donors (Lipinski definition) is 0. The molecule has 1 aromatic carbocycles. The maximum Gasteiger partial charge on any atom is 0.255 e. The van der Waals surface area contributed by atoms with Crippen LogP contribution in [0.2, 0.25) is 0 Å². The second kappa shape index (κ2) is 9.45. The van der Waals surface area contributed by atoms with Crippen LogP contribution < -0.4 is 0 Å². The SMILES string of the molecule is CC(C)C(=O)N1CCN(C(=O)c2ccccc2SCC(=O)N2CCCC2)CC1. The third-order valence-electron chi connectivity index (χ3n) is 5.30. The van der Waals surface area contributed by atoms with Gasteiger partial charge in [-0.2, -0.15) is 0 Å². The number of rotatable bonds is 5. The average Bonchev–Trinajstić information content (AvgIpc) is 3.26. The largest absolute Gasteiger partial charge is 0.342 e. The zero-order valence-electron chi connectivity index (χ0n) is 16.7. The van der Waals surface area contributed by atoms with Gasteiger partial charge in [0.2, 0.25) is 11.8 Å². The van der Waals surface area contributed by atoms with Crippen molar-refractivity contribution in [2.75, 3.05) is 45.0 Å². The zero-order chi connectivity index (χ0) is 20.1. The van der Waals surface area contributed by atoms with E-state index in [0.29, 0.717) is 37.5 Å². The van der Waals surface area contributed by atoms with E-state index in [0.717, 1.165) is 30.8 Å². The Kier molecular flexibility index (Phi) is 6.99. The number of likely N-dealkylation sites (tertiary alicyclic amines) is 1. The second-order valence-corrected chi connectivity index (χ2v) is 8.66. The Morgan fingerprint density at radius 2 is 1.50 bits per heavy atom. The van der Waals surface area contributed by atoms with Crippen LogP contribution >= 0.6 is 11.8 Å². The molecule has 3 rings (SSSR count). The van der Waals surface area contributed by atoms with Crippen LogP contribution in [0.15, 0.2) is 29.2 Å². The molecule has 3 amide bonds. The van der Waals surface area contributed by atoms with E-state index in [4.69, 9.17) is 0 Å². The van der Waals surface area contributed by atoms with Crippen molar-refractivity contribution in [2.45, 2.75) is 31.6 Å². The van der Waals surface area contributed by atoms with Gasteiger partial charge in [0.05, 0.1) is 11.3 Å². The molecule has 2 aliphatic rings. The van der Waals surface area contributed by atoms with Crippen molar-refractivity contribution < 1.29 is 14.4 Å². The lowest BCUT2D eigenvalue weighted by atomic mass is 10.1. The van der Waals surface area contributed by atoms with Crippen molar-refractivity contribution in [3.05, 3.63) is 29.8 Å². The Labute approximate surface area is 171 Å². The normalized spacial score (nSPS) is 17.3. The van der Waals surface area contributed by atoms with Crippen LogP contribution in [-0.4, -0.2) is 77.4 Å². The van der Waals surface area contributed by atoms with Crippen LogP contribution in [0, 0.1) is 5.92 Å². The minimum absolute atomic E-state index is 0.0200. The molecular weight excluding hydrogens is 374 g/mol. The van der Waals surface area contributed by atoms with Crippen molar-refractivity contribution in [3.63, 3.8) is 0 Å². The van der Waals surface area contributed by atoms with Crippen LogP contribution in [-0.2, 0) is 9.59 Å². The van der Waals surface area contributed by atoms with Crippen LogP contribution in [0.3, 0.4) is 0 Å². The van der Waals surface area contributed by atoms with Gasteiger partial charge in [0.25, 0.3) is 5.91 Å². The summed E-state index contributed by atoms with van der Waals surface area (Å²) in [5.41, 5.74) is 0.644. The Bertz CT molecular complexity index is 723. The van der Waals surface area contributed by atoms with E-state index in [9.17, 15) is 14.4 Å². The molecule has 0 aliphatic carbocycles. The molecule has 0 N–H and O–H groups in total. The summed E-state index contributed by atoms with van der Waals surface area (Å²) in [6, 6.07) is 7.50. The molecule has 1 aromatic rings. The fourth-order valence-electron chi connectivity index (χ4n) is 3.63. The molecule has 0 unspecified atom stereocenters. The molecule has 0 spiro atoms. The molecule has 0 aromatic heterocycles. The molecule has 2 heterocycles. The highest BCUT2D eigenvalue weighted by Gasteiger charge is 2.27. The summed E-state index contributed by atoms with van der Waals surface area (Å²) in [5, 5.41) is 0. The van der Waals surface area contributed by atoms with Gasteiger partial charge in [-0.05, 0) is 25.0 Å². The Hall–Kier alpha value is -2.02. The number of benzene rings is 1. The van der Waals surface area contributed by atoms with E-state index in [-0.39, 0.29) is 23.6 Å². The standard InChI is InChI=1S/C21H29N3O3S/c1-16(2)20(26)23-11-13-24(14-12-23)21(27)17-7-3-4-8-18(17)28-15-19(25)22-9-5-6-10-22/h3-4,7-8,16H,5-6,9-15H2,1-2H3. The van der Waals surface area contributed by atoms with E-state index >= 15 is 0 Å². The molecule has 2 aliphatic heterocycles. The quantitative estimate of drug-likeness (QED) is 0.708. The maximum absolute atomic E-state index is 13.0. The summed E-state index contributed by atoms with van der Waals surface area (Å²) in [6.07, 6.45) is 2.16. The van der Waals surface area contributed by atoms with Gasteiger partial charge in [-0.1, -0.05) is 26.0 Å². The van der Waals surface area contributed by atoms with Crippen LogP contribution in [0.4, 0.5) is 0 Å². The van der Waals surface area contributed by atoms with Crippen molar-refractivity contribution >= 4 is 29.5 Å². The van der Waals surface area contributed by atoms with Gasteiger partial charge in [-0.15, -0.1) is 11.8 Å². The van der Waals surface area contributed by atoms with E-state index < -0.39 is 0 Å². The van der Waals surface area contributed by atoms with Gasteiger partial charge >= 0.3 is 0 Å². The Morgan fingerprint density at radius 3 is 2.14 bits per heavy atom. The van der Waals surface area contributed by atoms with Crippen molar-refractivity contribution in [3.8, 4) is 0 Å². The molecule has 0 saturated carbocycles. The highest BCUT2D eigenvalue weighted by molar-refractivity contribution is 8.00. The van der Waals surface area contributed by atoms with Crippen LogP contribution in [0.5, 0.6) is 0 Å². The second-order valence-electron chi connectivity index (χ2n) is 7.64. The first-order valence-electron chi connectivity index (χ1n) is 10.0.